The minimum absolute atomic E-state index is 0.0157. The van der Waals surface area contributed by atoms with E-state index in [1.165, 1.54) is 24.2 Å². The zero-order valence-corrected chi connectivity index (χ0v) is 56.5. The van der Waals surface area contributed by atoms with Gasteiger partial charge in [-0.05, 0) is 96.5 Å². The van der Waals surface area contributed by atoms with Crippen LogP contribution in [0.1, 0.15) is 95.2 Å². The number of amides is 14. The maximum Gasteiger partial charge on any atom is 0.245 e. The summed E-state index contributed by atoms with van der Waals surface area (Å²) in [5, 5.41) is 33.2. The zero-order chi connectivity index (χ0) is 72.6. The summed E-state index contributed by atoms with van der Waals surface area (Å²) in [4.78, 5) is 209. The van der Waals surface area contributed by atoms with Gasteiger partial charge in [-0.25, -0.2) is 0 Å². The second kappa shape index (κ2) is 37.2. The molecule has 0 unspecified atom stereocenters. The van der Waals surface area contributed by atoms with Crippen molar-refractivity contribution in [3.63, 3.8) is 0 Å². The van der Waals surface area contributed by atoms with E-state index in [1.807, 2.05) is 36.4 Å². The summed E-state index contributed by atoms with van der Waals surface area (Å²) >= 11 is 6.25. The Bertz CT molecular complexity index is 3690. The average Bonchev–Trinajstić information content (AvgIpc) is 1.44. The molecule has 33 heteroatoms. The summed E-state index contributed by atoms with van der Waals surface area (Å²) in [5.74, 6) is -13.7. The molecular weight excluding hydrogens is 1320 g/mol. The molecule has 32 nitrogen and oxygen atoms in total. The van der Waals surface area contributed by atoms with Crippen molar-refractivity contribution in [2.45, 2.75) is 158 Å². The number of nitrogens with one attached hydrogen (secondary N) is 12. The molecule has 3 aliphatic heterocycles. The van der Waals surface area contributed by atoms with Crippen LogP contribution >= 0.6 is 11.6 Å². The van der Waals surface area contributed by atoms with E-state index >= 15 is 14.4 Å². The second-order valence-corrected chi connectivity index (χ2v) is 25.6. The Kier molecular flexibility index (Phi) is 28.5. The Morgan fingerprint density at radius 2 is 1.29 bits per heavy atom. The van der Waals surface area contributed by atoms with Crippen LogP contribution in [0.4, 0.5) is 0 Å². The van der Waals surface area contributed by atoms with Crippen molar-refractivity contribution in [3.05, 3.63) is 113 Å². The van der Waals surface area contributed by atoms with Crippen molar-refractivity contribution < 1.29 is 67.1 Å². The van der Waals surface area contributed by atoms with Gasteiger partial charge in [0.25, 0.3) is 0 Å². The first kappa shape index (κ1) is 76.6. The van der Waals surface area contributed by atoms with E-state index in [2.05, 4.69) is 73.8 Å². The van der Waals surface area contributed by atoms with E-state index in [4.69, 9.17) is 28.8 Å². The van der Waals surface area contributed by atoms with Gasteiger partial charge < -0.3 is 85.9 Å². The predicted octanol–water partition coefficient (Wildman–Crippen LogP) is -3.19. The number of rotatable bonds is 20. The number of carbonyl (C=O) groups excluding carboxylic acids is 14. The molecule has 0 saturated carbocycles. The molecule has 100 heavy (non-hydrogen) atoms. The Labute approximate surface area is 581 Å². The van der Waals surface area contributed by atoms with Crippen LogP contribution in [0.2, 0.25) is 5.02 Å². The normalized spacial score (nSPS) is 21.9. The summed E-state index contributed by atoms with van der Waals surface area (Å²) in [7, 11) is 0. The maximum absolute atomic E-state index is 15.2. The molecule has 4 heterocycles. The van der Waals surface area contributed by atoms with Gasteiger partial charge in [0.1, 0.15) is 60.4 Å². The highest BCUT2D eigenvalue weighted by Gasteiger charge is 2.41. The standard InChI is InChI=1S/C67H87ClN18O14/c1-36(2)27-47-60(94)80-46-22-25-73-56(90)35-76-54(88)21-20-45(59(93)78-44(58(92)81-47)12-7-24-74-67(70)71)79-64(98)51(32-55(89)75-34-52(57(69)91)85-65(99)53-13-8-26-86(53)66(46)100)84-63(97)50(31-40-9-6-23-72-33-40)83-62(96)49(29-38-15-18-43(68)19-16-38)82-61(95)48(77-37(3)87)30-39-14-17-41-10-4-5-11-42(41)28-39/h4-6,9-11,14-19,23,28,33,36,44-53H,7-8,12-13,20-22,24-27,29-32,34-35H2,1-3H3,(H2,69,91)(H,73,90)(H,75,89)(H,76,88)(H,77,87)(H,78,93)(H,79,98)(H,80,94)(H,81,92)(H,82,95)(H,83,96)(H,84,97)(H,85,99)(H4,70,71,74)/t44-,45+,46-,47+,48-,49-,50-,51+,52+,53+/m1/s1. The number of benzene rings is 3. The molecule has 1 aromatic heterocycles. The summed E-state index contributed by atoms with van der Waals surface area (Å²) in [6.07, 6.45) is -0.0973. The number of nitrogens with zero attached hydrogens (tertiary/aromatic N) is 3. The fourth-order valence-corrected chi connectivity index (χ4v) is 11.8. The van der Waals surface area contributed by atoms with Gasteiger partial charge in [-0.1, -0.05) is 86.1 Å². The summed E-state index contributed by atoms with van der Waals surface area (Å²) in [6.45, 7) is 3.03. The Morgan fingerprint density at radius 1 is 0.640 bits per heavy atom. The number of aliphatic imine (C=N–C) groups is 1. The molecule has 3 aliphatic rings. The SMILES string of the molecule is CC(=O)N[C@H](Cc1ccc2ccccc2c1)C(=O)N[C@H](Cc1ccc(Cl)cc1)C(=O)N[C@H](Cc1cccnc1)C(=O)N[C@H]1CC(=O)NC[C@@H](C(N)=O)NC(=O)[C@@H]2CCCN2C(=O)[C@H]2CCNC(=O)CNC(=O)CC[C@H](NC1=O)C(=O)N[C@H](CCCN=C(N)N)C(=O)N[C@@H](CC(C)C)C(=O)N2. The van der Waals surface area contributed by atoms with Gasteiger partial charge in [0.15, 0.2) is 5.96 Å². The molecule has 7 rings (SSSR count). The van der Waals surface area contributed by atoms with Gasteiger partial charge in [-0.3, -0.25) is 77.1 Å². The van der Waals surface area contributed by atoms with Crippen LogP contribution in [-0.2, 0) is 86.4 Å². The van der Waals surface area contributed by atoms with Gasteiger partial charge in [0, 0.05) is 76.2 Å². The van der Waals surface area contributed by atoms with E-state index in [-0.39, 0.29) is 89.3 Å². The topological polar surface area (TPSA) is 490 Å². The lowest BCUT2D eigenvalue weighted by molar-refractivity contribution is -0.142. The summed E-state index contributed by atoms with van der Waals surface area (Å²) < 4.78 is 0. The Morgan fingerprint density at radius 3 is 1.97 bits per heavy atom. The van der Waals surface area contributed by atoms with Crippen LogP contribution in [0.15, 0.2) is 96.2 Å². The van der Waals surface area contributed by atoms with E-state index in [1.54, 1.807) is 56.3 Å². The lowest BCUT2D eigenvalue weighted by atomic mass is 9.99. The lowest BCUT2D eigenvalue weighted by Crippen LogP contribution is -2.61. The monoisotopic (exact) mass is 1400 g/mol. The molecular formula is C67H87ClN18O14. The van der Waals surface area contributed by atoms with Crippen LogP contribution in [0, 0.1) is 5.92 Å². The third-order valence-electron chi connectivity index (χ3n) is 16.8. The molecule has 0 aliphatic carbocycles. The number of hydrogen-bond acceptors (Lipinski definition) is 16. The van der Waals surface area contributed by atoms with Gasteiger partial charge in [-0.2, -0.15) is 0 Å². The van der Waals surface area contributed by atoms with Gasteiger partial charge in [-0.15, -0.1) is 0 Å². The van der Waals surface area contributed by atoms with Crippen LogP contribution in [0.5, 0.6) is 0 Å². The molecule has 3 saturated heterocycles. The minimum Gasteiger partial charge on any atom is -0.370 e. The van der Waals surface area contributed by atoms with Crippen molar-refractivity contribution in [2.75, 3.05) is 32.7 Å². The van der Waals surface area contributed by atoms with Gasteiger partial charge in [0.2, 0.25) is 82.7 Å². The summed E-state index contributed by atoms with van der Waals surface area (Å²) in [5.41, 5.74) is 18.5. The van der Waals surface area contributed by atoms with Gasteiger partial charge >= 0.3 is 0 Å². The van der Waals surface area contributed by atoms with Crippen LogP contribution in [0.3, 0.4) is 0 Å². The number of aromatic nitrogens is 1. The quantitative estimate of drug-likeness (QED) is 0.0179. The van der Waals surface area contributed by atoms with Crippen molar-refractivity contribution in [1.82, 2.24) is 73.7 Å². The number of carbonyl (C=O) groups is 14. The van der Waals surface area contributed by atoms with Gasteiger partial charge in [0.05, 0.1) is 13.0 Å². The largest absolute Gasteiger partial charge is 0.370 e. The van der Waals surface area contributed by atoms with E-state index < -0.39 is 175 Å². The van der Waals surface area contributed by atoms with E-state index in [0.29, 0.717) is 21.7 Å². The molecule has 14 amide bonds. The smallest absolute Gasteiger partial charge is 0.245 e. The first-order chi connectivity index (χ1) is 47.7. The molecule has 0 radical (unpaired) electrons. The molecule has 18 N–H and O–H groups in total. The zero-order valence-electron chi connectivity index (χ0n) is 55.7. The molecule has 2 bridgehead atoms. The van der Waals surface area contributed by atoms with Crippen LogP contribution < -0.4 is 81.0 Å². The maximum atomic E-state index is 15.2. The fourth-order valence-electron chi connectivity index (χ4n) is 11.6. The molecule has 10 atom stereocenters. The Hall–Kier alpha value is -10.8. The number of halogens is 1. The Balaban J connectivity index is 1.28. The molecule has 3 fully saturated rings. The van der Waals surface area contributed by atoms with Crippen molar-refractivity contribution in [1.29, 1.82) is 0 Å². The minimum atomic E-state index is -2.06. The first-order valence-electron chi connectivity index (χ1n) is 33.0. The highest BCUT2D eigenvalue weighted by Crippen LogP contribution is 2.22. The average molecular weight is 1400 g/mol. The van der Waals surface area contributed by atoms with Crippen molar-refractivity contribution >= 4 is 111 Å². The number of primary amides is 1. The van der Waals surface area contributed by atoms with Crippen LogP contribution in [-0.4, -0.2) is 192 Å². The fraction of sp³-hybridized carbons (Fsp3) is 0.463. The van der Waals surface area contributed by atoms with Crippen molar-refractivity contribution in [2.24, 2.45) is 28.1 Å². The highest BCUT2D eigenvalue weighted by molar-refractivity contribution is 6.30. The summed E-state index contributed by atoms with van der Waals surface area (Å²) in [6, 6.07) is 6.81. The second-order valence-electron chi connectivity index (χ2n) is 25.2. The number of guanidine groups is 1. The molecule has 536 valence electrons. The number of nitrogens with two attached hydrogens (primary N) is 3. The number of hydrogen-bond donors (Lipinski definition) is 15. The third kappa shape index (κ3) is 23.7. The first-order valence-corrected chi connectivity index (χ1v) is 33.3. The highest BCUT2D eigenvalue weighted by atomic mass is 35.5. The number of pyridine rings is 1. The molecule has 4 aromatic rings. The van der Waals surface area contributed by atoms with E-state index in [0.717, 1.165) is 10.8 Å². The number of fused-ring (bicyclic) bond motifs is 11. The third-order valence-corrected chi connectivity index (χ3v) is 17.0. The molecule has 3 aromatic carbocycles. The predicted molar refractivity (Wildman–Crippen MR) is 365 cm³/mol. The van der Waals surface area contributed by atoms with E-state index in [9.17, 15) is 52.7 Å². The lowest BCUT2D eigenvalue weighted by Gasteiger charge is -2.31. The van der Waals surface area contributed by atoms with Crippen LogP contribution in [0.25, 0.3) is 10.8 Å². The molecule has 0 spiro atoms. The van der Waals surface area contributed by atoms with Crippen molar-refractivity contribution in [3.8, 4) is 0 Å².